The predicted octanol–water partition coefficient (Wildman–Crippen LogP) is 1.14. The average molecular weight is 211 g/mol. The third kappa shape index (κ3) is 3.88. The van der Waals surface area contributed by atoms with Crippen LogP contribution in [-0.4, -0.2) is 36.5 Å². The van der Waals surface area contributed by atoms with Crippen LogP contribution in [0.3, 0.4) is 0 Å². The highest BCUT2D eigenvalue weighted by atomic mass is 16.2. The van der Waals surface area contributed by atoms with Gasteiger partial charge in [-0.05, 0) is 26.3 Å². The zero-order valence-electron chi connectivity index (χ0n) is 10.1. The van der Waals surface area contributed by atoms with Crippen LogP contribution >= 0.6 is 0 Å². The summed E-state index contributed by atoms with van der Waals surface area (Å²) in [6.45, 7) is 6.64. The largest absolute Gasteiger partial charge is 0.329 e. The molecule has 1 rings (SSSR count). The second kappa shape index (κ2) is 7.24. The molecule has 15 heavy (non-hydrogen) atoms. The second-order valence-corrected chi connectivity index (χ2v) is 3.40. The van der Waals surface area contributed by atoms with Crippen LogP contribution in [0.25, 0.3) is 0 Å². The van der Waals surface area contributed by atoms with Crippen molar-refractivity contribution in [3.05, 3.63) is 0 Å². The van der Waals surface area contributed by atoms with Crippen molar-refractivity contribution in [1.82, 2.24) is 10.2 Å². The predicted molar refractivity (Wildman–Crippen MR) is 60.2 cm³/mol. The Labute approximate surface area is 92.3 Å². The van der Waals surface area contributed by atoms with E-state index in [4.69, 9.17) is 5.26 Å². The van der Waals surface area contributed by atoms with Crippen LogP contribution in [0.1, 0.15) is 33.6 Å². The van der Waals surface area contributed by atoms with Crippen molar-refractivity contribution >= 4 is 5.91 Å². The number of nitriles is 1. The normalized spacial score (nSPS) is 20.9. The summed E-state index contributed by atoms with van der Waals surface area (Å²) in [6, 6.07) is 1.64. The summed E-state index contributed by atoms with van der Waals surface area (Å²) in [5.41, 5.74) is 0. The third-order valence-electron chi connectivity index (χ3n) is 2.47. The van der Waals surface area contributed by atoms with E-state index in [9.17, 15) is 4.79 Å². The van der Waals surface area contributed by atoms with E-state index in [0.717, 1.165) is 19.4 Å². The van der Waals surface area contributed by atoms with E-state index in [1.54, 1.807) is 14.0 Å². The lowest BCUT2D eigenvalue weighted by Crippen LogP contribution is -2.44. The number of carbonyl (C=O) groups excluding carboxylic acids is 1. The minimum atomic E-state index is -0.338. The number of nitrogens with one attached hydrogen (secondary N) is 1. The molecule has 1 aliphatic rings. The molecule has 1 heterocycles. The minimum absolute atomic E-state index is 0.0338. The van der Waals surface area contributed by atoms with Gasteiger partial charge in [0, 0.05) is 7.05 Å². The Morgan fingerprint density at radius 1 is 1.60 bits per heavy atom. The zero-order chi connectivity index (χ0) is 11.8. The van der Waals surface area contributed by atoms with Crippen molar-refractivity contribution in [2.75, 3.05) is 13.6 Å². The van der Waals surface area contributed by atoms with Crippen molar-refractivity contribution in [2.24, 2.45) is 0 Å². The van der Waals surface area contributed by atoms with Crippen molar-refractivity contribution in [1.29, 1.82) is 5.26 Å². The molecular formula is C11H21N3O. The second-order valence-electron chi connectivity index (χ2n) is 3.40. The Bertz CT molecular complexity index is 228. The number of hydrogen-bond acceptors (Lipinski definition) is 3. The first-order valence-corrected chi connectivity index (χ1v) is 5.56. The van der Waals surface area contributed by atoms with Gasteiger partial charge in [0.15, 0.2) is 0 Å². The van der Waals surface area contributed by atoms with Gasteiger partial charge in [-0.15, -0.1) is 0 Å². The van der Waals surface area contributed by atoms with E-state index in [-0.39, 0.29) is 18.0 Å². The fourth-order valence-electron chi connectivity index (χ4n) is 1.42. The summed E-state index contributed by atoms with van der Waals surface area (Å²) in [7, 11) is 1.68. The van der Waals surface area contributed by atoms with Gasteiger partial charge >= 0.3 is 0 Å². The minimum Gasteiger partial charge on any atom is -0.329 e. The van der Waals surface area contributed by atoms with Crippen molar-refractivity contribution in [2.45, 2.75) is 45.7 Å². The molecule has 0 bridgehead atoms. The monoisotopic (exact) mass is 211 g/mol. The Kier molecular flexibility index (Phi) is 6.72. The van der Waals surface area contributed by atoms with Crippen LogP contribution in [0.4, 0.5) is 0 Å². The third-order valence-corrected chi connectivity index (χ3v) is 2.47. The van der Waals surface area contributed by atoms with Crippen LogP contribution in [0.5, 0.6) is 0 Å². The van der Waals surface area contributed by atoms with Crippen LogP contribution < -0.4 is 5.32 Å². The molecule has 1 aliphatic heterocycles. The number of rotatable bonds is 2. The molecule has 0 aliphatic carbocycles. The van der Waals surface area contributed by atoms with Gasteiger partial charge in [0.05, 0.1) is 12.1 Å². The highest BCUT2D eigenvalue weighted by Gasteiger charge is 2.26. The maximum atomic E-state index is 11.7. The molecule has 1 N–H and O–H groups in total. The standard InChI is InChI=1S/C9H15N3O.C2H6/c1-7(6-10)12(2)9(13)8-4-3-5-11-8;1-2/h7-8,11H,3-5H2,1-2H3;1-2H3. The SMILES string of the molecule is CC.CC(C#N)N(C)C(=O)C1CCCN1. The molecule has 0 radical (unpaired) electrons. The zero-order valence-corrected chi connectivity index (χ0v) is 10.1. The molecule has 86 valence electrons. The summed E-state index contributed by atoms with van der Waals surface area (Å²) in [5, 5.41) is 11.7. The van der Waals surface area contributed by atoms with Gasteiger partial charge < -0.3 is 10.2 Å². The maximum absolute atomic E-state index is 11.7. The van der Waals surface area contributed by atoms with E-state index in [2.05, 4.69) is 5.32 Å². The highest BCUT2D eigenvalue weighted by Crippen LogP contribution is 2.09. The van der Waals surface area contributed by atoms with Gasteiger partial charge in [0.2, 0.25) is 5.91 Å². The molecule has 0 aromatic carbocycles. The molecule has 4 nitrogen and oxygen atoms in total. The molecule has 0 aromatic rings. The van der Waals surface area contributed by atoms with E-state index < -0.39 is 0 Å². The van der Waals surface area contributed by atoms with Gasteiger partial charge in [-0.1, -0.05) is 13.8 Å². The Hall–Kier alpha value is -1.08. The topological polar surface area (TPSA) is 56.1 Å². The quantitative estimate of drug-likeness (QED) is 0.745. The number of carbonyl (C=O) groups is 1. The molecule has 2 atom stereocenters. The summed E-state index contributed by atoms with van der Waals surface area (Å²) < 4.78 is 0. The lowest BCUT2D eigenvalue weighted by molar-refractivity contribution is -0.132. The summed E-state index contributed by atoms with van der Waals surface area (Å²) in [5.74, 6) is 0.0338. The van der Waals surface area contributed by atoms with Crippen molar-refractivity contribution in [3.8, 4) is 6.07 Å². The van der Waals surface area contributed by atoms with Gasteiger partial charge in [-0.3, -0.25) is 4.79 Å². The van der Waals surface area contributed by atoms with Gasteiger partial charge in [-0.2, -0.15) is 5.26 Å². The van der Waals surface area contributed by atoms with Crippen LogP contribution in [0.15, 0.2) is 0 Å². The first kappa shape index (κ1) is 13.9. The molecule has 0 spiro atoms. The van der Waals surface area contributed by atoms with Gasteiger partial charge in [0.25, 0.3) is 0 Å². The fraction of sp³-hybridized carbons (Fsp3) is 0.818. The summed E-state index contributed by atoms with van der Waals surface area (Å²) >= 11 is 0. The van der Waals surface area contributed by atoms with Gasteiger partial charge in [0.1, 0.15) is 6.04 Å². The lowest BCUT2D eigenvalue weighted by Gasteiger charge is -2.22. The number of likely N-dealkylation sites (N-methyl/N-ethyl adjacent to an activating group) is 1. The molecule has 4 heteroatoms. The first-order valence-electron chi connectivity index (χ1n) is 5.56. The first-order chi connectivity index (χ1) is 7.16. The Balaban J connectivity index is 0.000000921. The Morgan fingerprint density at radius 2 is 2.20 bits per heavy atom. The van der Waals surface area contributed by atoms with E-state index >= 15 is 0 Å². The highest BCUT2D eigenvalue weighted by molar-refractivity contribution is 5.82. The van der Waals surface area contributed by atoms with Gasteiger partial charge in [-0.25, -0.2) is 0 Å². The number of hydrogen-bond donors (Lipinski definition) is 1. The smallest absolute Gasteiger partial charge is 0.240 e. The van der Waals surface area contributed by atoms with Crippen molar-refractivity contribution in [3.63, 3.8) is 0 Å². The van der Waals surface area contributed by atoms with E-state index in [1.165, 1.54) is 4.90 Å². The molecule has 1 saturated heterocycles. The van der Waals surface area contributed by atoms with E-state index in [0.29, 0.717) is 0 Å². The Morgan fingerprint density at radius 3 is 2.60 bits per heavy atom. The maximum Gasteiger partial charge on any atom is 0.240 e. The molecular weight excluding hydrogens is 190 g/mol. The molecule has 0 aromatic heterocycles. The van der Waals surface area contributed by atoms with Crippen LogP contribution in [-0.2, 0) is 4.79 Å². The van der Waals surface area contributed by atoms with Crippen molar-refractivity contribution < 1.29 is 4.79 Å². The summed E-state index contributed by atoms with van der Waals surface area (Å²) in [6.07, 6.45) is 1.94. The number of nitrogens with zero attached hydrogens (tertiary/aromatic N) is 2. The molecule has 0 saturated carbocycles. The number of amides is 1. The summed E-state index contributed by atoms with van der Waals surface area (Å²) in [4.78, 5) is 13.2. The average Bonchev–Trinajstić information content (AvgIpc) is 2.82. The van der Waals surface area contributed by atoms with E-state index in [1.807, 2.05) is 19.9 Å². The molecule has 1 fully saturated rings. The fourth-order valence-corrected chi connectivity index (χ4v) is 1.42. The van der Waals surface area contributed by atoms with Crippen LogP contribution in [0, 0.1) is 11.3 Å². The molecule has 1 amide bonds. The van der Waals surface area contributed by atoms with Crippen LogP contribution in [0.2, 0.25) is 0 Å². The molecule has 2 unspecified atom stereocenters. The lowest BCUT2D eigenvalue weighted by atomic mass is 10.2.